The van der Waals surface area contributed by atoms with Crippen LogP contribution in [0.5, 0.6) is 0 Å². The predicted molar refractivity (Wildman–Crippen MR) is 72.2 cm³/mol. The molecule has 1 atom stereocenters. The molecule has 0 heterocycles. The molecule has 0 aromatic heterocycles. The van der Waals surface area contributed by atoms with Crippen LogP contribution in [0.3, 0.4) is 0 Å². The zero-order valence-corrected chi connectivity index (χ0v) is 11.3. The van der Waals surface area contributed by atoms with Crippen LogP contribution < -0.4 is 0 Å². The van der Waals surface area contributed by atoms with Gasteiger partial charge < -0.3 is 0 Å². The van der Waals surface area contributed by atoms with E-state index in [0.717, 1.165) is 5.56 Å². The summed E-state index contributed by atoms with van der Waals surface area (Å²) in [6.07, 6.45) is 0. The molecule has 0 radical (unpaired) electrons. The topological polar surface area (TPSA) is 34.1 Å². The maximum absolute atomic E-state index is 12.3. The number of ketones is 1. The fourth-order valence-electron chi connectivity index (χ4n) is 1.59. The summed E-state index contributed by atoms with van der Waals surface area (Å²) in [5.41, 5.74) is 0.732. The largest absolute Gasteiger partial charge is 0.294 e. The molecule has 0 saturated heterocycles. The summed E-state index contributed by atoms with van der Waals surface area (Å²) in [6, 6.07) is 9.28. The third kappa shape index (κ3) is 4.35. The summed E-state index contributed by atoms with van der Waals surface area (Å²) in [5, 5.41) is 0.0662. The average Bonchev–Trinajstić information content (AvgIpc) is 2.29. The Morgan fingerprint density at radius 2 is 1.76 bits per heavy atom. The van der Waals surface area contributed by atoms with Crippen molar-refractivity contribution in [2.24, 2.45) is 11.8 Å². The van der Waals surface area contributed by atoms with Crippen molar-refractivity contribution in [3.8, 4) is 0 Å². The van der Waals surface area contributed by atoms with E-state index < -0.39 is 0 Å². The van der Waals surface area contributed by atoms with Gasteiger partial charge in [0.2, 0.25) is 0 Å². The van der Waals surface area contributed by atoms with Crippen LogP contribution in [-0.2, 0) is 4.79 Å². The number of hydrogen-bond acceptors (Lipinski definition) is 3. The number of carbonyl (C=O) groups excluding carboxylic acids is 2. The van der Waals surface area contributed by atoms with E-state index >= 15 is 0 Å². The van der Waals surface area contributed by atoms with Crippen molar-refractivity contribution in [2.45, 2.75) is 20.8 Å². The maximum atomic E-state index is 12.3. The average molecular weight is 250 g/mol. The SMILES string of the molecule is CC(=O)SCC(C(=O)c1ccccc1)C(C)C. The van der Waals surface area contributed by atoms with Gasteiger partial charge in [0.25, 0.3) is 0 Å². The van der Waals surface area contributed by atoms with Crippen LogP contribution in [0.2, 0.25) is 0 Å². The highest BCUT2D eigenvalue weighted by Crippen LogP contribution is 2.22. The van der Waals surface area contributed by atoms with Gasteiger partial charge in [-0.15, -0.1) is 0 Å². The molecular weight excluding hydrogens is 232 g/mol. The van der Waals surface area contributed by atoms with E-state index in [0.29, 0.717) is 5.75 Å². The van der Waals surface area contributed by atoms with Gasteiger partial charge in [-0.25, -0.2) is 0 Å². The van der Waals surface area contributed by atoms with E-state index in [2.05, 4.69) is 0 Å². The molecule has 0 aliphatic heterocycles. The molecule has 1 aromatic rings. The van der Waals surface area contributed by atoms with Crippen LogP contribution in [0.25, 0.3) is 0 Å². The Bertz CT molecular complexity index is 384. The normalized spacial score (nSPS) is 12.5. The summed E-state index contributed by atoms with van der Waals surface area (Å²) in [6.45, 7) is 5.58. The van der Waals surface area contributed by atoms with Crippen molar-refractivity contribution in [3.05, 3.63) is 35.9 Å². The molecule has 1 aromatic carbocycles. The molecule has 92 valence electrons. The lowest BCUT2D eigenvalue weighted by molar-refractivity contribution is -0.109. The third-order valence-corrected chi connectivity index (χ3v) is 3.60. The quantitative estimate of drug-likeness (QED) is 0.751. The number of thioether (sulfide) groups is 1. The van der Waals surface area contributed by atoms with Gasteiger partial charge in [0, 0.05) is 24.2 Å². The van der Waals surface area contributed by atoms with Crippen LogP contribution in [0.4, 0.5) is 0 Å². The Morgan fingerprint density at radius 1 is 1.18 bits per heavy atom. The zero-order valence-electron chi connectivity index (χ0n) is 10.5. The molecule has 1 unspecified atom stereocenters. The van der Waals surface area contributed by atoms with Crippen LogP contribution >= 0.6 is 11.8 Å². The zero-order chi connectivity index (χ0) is 12.8. The second-order valence-electron chi connectivity index (χ2n) is 4.38. The summed E-state index contributed by atoms with van der Waals surface area (Å²) < 4.78 is 0. The molecule has 0 aliphatic rings. The Balaban J connectivity index is 2.77. The maximum Gasteiger partial charge on any atom is 0.185 e. The van der Waals surface area contributed by atoms with Crippen LogP contribution in [0.15, 0.2) is 30.3 Å². The van der Waals surface area contributed by atoms with Gasteiger partial charge in [0.15, 0.2) is 10.9 Å². The summed E-state index contributed by atoms with van der Waals surface area (Å²) in [5.74, 6) is 0.857. The smallest absolute Gasteiger partial charge is 0.185 e. The first-order chi connectivity index (χ1) is 8.02. The second kappa shape index (κ2) is 6.60. The standard InChI is InChI=1S/C14H18O2S/c1-10(2)13(9-17-11(3)15)14(16)12-7-5-4-6-8-12/h4-8,10,13H,9H2,1-3H3. The fraction of sp³-hybridized carbons (Fsp3) is 0.429. The van der Waals surface area contributed by atoms with Crippen LogP contribution in [0.1, 0.15) is 31.1 Å². The van der Waals surface area contributed by atoms with Crippen molar-refractivity contribution in [1.82, 2.24) is 0 Å². The number of rotatable bonds is 5. The van der Waals surface area contributed by atoms with Gasteiger partial charge in [-0.3, -0.25) is 9.59 Å². The number of carbonyl (C=O) groups is 2. The van der Waals surface area contributed by atoms with Gasteiger partial charge in [0.05, 0.1) is 0 Å². The van der Waals surface area contributed by atoms with E-state index in [9.17, 15) is 9.59 Å². The van der Waals surface area contributed by atoms with E-state index in [-0.39, 0.29) is 22.7 Å². The number of Topliss-reactive ketones (excluding diaryl/α,β-unsaturated/α-hetero) is 1. The summed E-state index contributed by atoms with van der Waals surface area (Å²) >= 11 is 1.23. The van der Waals surface area contributed by atoms with Crippen LogP contribution in [0, 0.1) is 11.8 Å². The molecule has 0 fully saturated rings. The van der Waals surface area contributed by atoms with Gasteiger partial charge >= 0.3 is 0 Å². The molecule has 0 bridgehead atoms. The first kappa shape index (κ1) is 14.0. The summed E-state index contributed by atoms with van der Waals surface area (Å²) in [7, 11) is 0. The van der Waals surface area contributed by atoms with Crippen molar-refractivity contribution in [1.29, 1.82) is 0 Å². The van der Waals surface area contributed by atoms with E-state index in [4.69, 9.17) is 0 Å². The Labute approximate surface area is 107 Å². The minimum Gasteiger partial charge on any atom is -0.294 e. The van der Waals surface area contributed by atoms with E-state index in [1.807, 2.05) is 44.2 Å². The lowest BCUT2D eigenvalue weighted by Crippen LogP contribution is -2.23. The van der Waals surface area contributed by atoms with Gasteiger partial charge in [0.1, 0.15) is 0 Å². The number of benzene rings is 1. The van der Waals surface area contributed by atoms with E-state index in [1.165, 1.54) is 18.7 Å². The van der Waals surface area contributed by atoms with Gasteiger partial charge in [-0.1, -0.05) is 55.9 Å². The Hall–Kier alpha value is -1.09. The summed E-state index contributed by atoms with van der Waals surface area (Å²) in [4.78, 5) is 23.3. The molecule has 1 rings (SSSR count). The minimum absolute atomic E-state index is 0.0662. The second-order valence-corrected chi connectivity index (χ2v) is 5.58. The monoisotopic (exact) mass is 250 g/mol. The lowest BCUT2D eigenvalue weighted by Gasteiger charge is -2.18. The molecule has 17 heavy (non-hydrogen) atoms. The minimum atomic E-state index is -0.0914. The fourth-order valence-corrected chi connectivity index (χ4v) is 2.55. The molecule has 2 nitrogen and oxygen atoms in total. The van der Waals surface area contributed by atoms with E-state index in [1.54, 1.807) is 0 Å². The Kier molecular flexibility index (Phi) is 5.42. The highest BCUT2D eigenvalue weighted by Gasteiger charge is 2.23. The first-order valence-electron chi connectivity index (χ1n) is 5.75. The van der Waals surface area contributed by atoms with Gasteiger partial charge in [-0.2, -0.15) is 0 Å². The van der Waals surface area contributed by atoms with Crippen molar-refractivity contribution in [2.75, 3.05) is 5.75 Å². The van der Waals surface area contributed by atoms with Crippen molar-refractivity contribution in [3.63, 3.8) is 0 Å². The Morgan fingerprint density at radius 3 is 2.24 bits per heavy atom. The van der Waals surface area contributed by atoms with Crippen molar-refractivity contribution < 1.29 is 9.59 Å². The molecule has 0 spiro atoms. The molecular formula is C14H18O2S. The highest BCUT2D eigenvalue weighted by atomic mass is 32.2. The predicted octanol–water partition coefficient (Wildman–Crippen LogP) is 3.42. The lowest BCUT2D eigenvalue weighted by atomic mass is 9.89. The first-order valence-corrected chi connectivity index (χ1v) is 6.73. The number of hydrogen-bond donors (Lipinski definition) is 0. The third-order valence-electron chi connectivity index (χ3n) is 2.67. The molecule has 3 heteroatoms. The van der Waals surface area contributed by atoms with Crippen LogP contribution in [-0.4, -0.2) is 16.7 Å². The van der Waals surface area contributed by atoms with Crippen molar-refractivity contribution >= 4 is 22.7 Å². The molecule has 0 amide bonds. The molecule has 0 saturated carbocycles. The highest BCUT2D eigenvalue weighted by molar-refractivity contribution is 8.13. The molecule has 0 aliphatic carbocycles. The molecule has 0 N–H and O–H groups in total. The van der Waals surface area contributed by atoms with Gasteiger partial charge in [-0.05, 0) is 5.92 Å².